The number of piperidine rings is 2. The van der Waals surface area contributed by atoms with Gasteiger partial charge >= 0.3 is 5.97 Å². The van der Waals surface area contributed by atoms with E-state index in [2.05, 4.69) is 62.7 Å². The van der Waals surface area contributed by atoms with Crippen molar-refractivity contribution >= 4 is 100 Å². The zero-order chi connectivity index (χ0) is 50.8. The first kappa shape index (κ1) is 53.0. The zero-order valence-electron chi connectivity index (χ0n) is 40.4. The summed E-state index contributed by atoms with van der Waals surface area (Å²) in [6.45, 7) is 8.87. The van der Waals surface area contributed by atoms with Crippen LogP contribution in [-0.2, 0) is 20.1 Å². The van der Waals surface area contributed by atoms with Gasteiger partial charge in [-0.1, -0.05) is 66.0 Å². The Bertz CT molecular complexity index is 2750. The first-order valence-corrected chi connectivity index (χ1v) is 25.7. The molecule has 3 aliphatic rings. The van der Waals surface area contributed by atoms with E-state index in [1.807, 2.05) is 72.4 Å². The fourth-order valence-corrected chi connectivity index (χ4v) is 13.2. The van der Waals surface area contributed by atoms with Crippen LogP contribution in [0.4, 0.5) is 17.1 Å². The van der Waals surface area contributed by atoms with Gasteiger partial charge in [0.25, 0.3) is 0 Å². The van der Waals surface area contributed by atoms with E-state index < -0.39 is 12.0 Å². The van der Waals surface area contributed by atoms with E-state index >= 15 is 0 Å². The third kappa shape index (κ3) is 11.3. The summed E-state index contributed by atoms with van der Waals surface area (Å²) in [5, 5.41) is 25.4. The number of aromatic carboxylic acids is 1. The molecule has 4 unspecified atom stereocenters. The number of aliphatic hydroxyl groups excluding tert-OH is 1. The van der Waals surface area contributed by atoms with Crippen molar-refractivity contribution < 1.29 is 43.7 Å². The lowest BCUT2D eigenvalue weighted by molar-refractivity contribution is -0.122. The SMILES string of the molecule is C=Nc1cc(CSN2CC3CCC2C3(C)Nc2cccc(-c3sc(C(=O)O)c(OCC=O)c3Cl)c2)ccc1OCN1CCC(c2ccc(N(C)C(CCC=O)C(=O)NC)c3c(C=O)cccc23)CC1.CO. The molecule has 3 heterocycles. The number of hydrogen-bond acceptors (Lipinski definition) is 15. The molecule has 4 aromatic carbocycles. The molecule has 18 heteroatoms. The van der Waals surface area contributed by atoms with Crippen LogP contribution in [0.5, 0.6) is 11.5 Å². The molecule has 1 saturated carbocycles. The van der Waals surface area contributed by atoms with Crippen molar-refractivity contribution in [2.24, 2.45) is 10.9 Å². The van der Waals surface area contributed by atoms with Gasteiger partial charge in [0.15, 0.2) is 23.2 Å². The number of benzene rings is 4. The van der Waals surface area contributed by atoms with Crippen LogP contribution >= 0.6 is 34.9 Å². The van der Waals surface area contributed by atoms with Crippen LogP contribution < -0.4 is 25.0 Å². The van der Waals surface area contributed by atoms with E-state index in [9.17, 15) is 29.1 Å². The molecule has 376 valence electrons. The lowest BCUT2D eigenvalue weighted by atomic mass is 9.85. The number of aldehydes is 3. The standard InChI is InChI=1S/C52H57ClN6O8S2.CH4O/c1-52(56-37-10-5-8-34(27-37)48-46(53)47(66-25-24-61)49(69-48)51(64)65)36-14-18-44(52)59(28-36)68-30-32-13-17-43(40(26-32)54-2)67-31-58-21-19-33(20-22-58)38-15-16-41(45-35(29-62)9-6-11-39(38)45)57(4)42(12-7-23-60)50(63)55-3;1-2/h5-6,8-11,13,15-17,23-24,26-27,29,33,36,42,44,56H,2,7,12,14,18-22,25,28,30-31H2,1,3-4H3,(H,55,63)(H,64,65);2H,1H3. The number of nitrogens with zero attached hydrogens (tertiary/aromatic N) is 4. The Labute approximate surface area is 427 Å². The third-order valence-corrected chi connectivity index (χ3v) is 17.0. The molecule has 8 rings (SSSR count). The van der Waals surface area contributed by atoms with Gasteiger partial charge in [0, 0.05) is 81.4 Å². The van der Waals surface area contributed by atoms with Gasteiger partial charge in [-0.05, 0) is 110 Å². The summed E-state index contributed by atoms with van der Waals surface area (Å²) in [6.07, 6.45) is 6.85. The molecule has 2 aliphatic heterocycles. The molecule has 0 spiro atoms. The van der Waals surface area contributed by atoms with E-state index in [4.69, 9.17) is 26.2 Å². The number of likely N-dealkylation sites (tertiary alicyclic amines) is 1. The topological polar surface area (TPSA) is 190 Å². The zero-order valence-corrected chi connectivity index (χ0v) is 42.8. The molecule has 3 fully saturated rings. The highest BCUT2D eigenvalue weighted by Crippen LogP contribution is 2.51. The van der Waals surface area contributed by atoms with Crippen LogP contribution in [0.25, 0.3) is 21.2 Å². The van der Waals surface area contributed by atoms with E-state index in [0.29, 0.717) is 47.2 Å². The third-order valence-electron chi connectivity index (χ3n) is 14.1. The Morgan fingerprint density at radius 2 is 1.80 bits per heavy atom. The molecular weight excluding hydrogens is 964 g/mol. The van der Waals surface area contributed by atoms with Crippen molar-refractivity contribution in [2.45, 2.75) is 74.7 Å². The Morgan fingerprint density at radius 1 is 1.03 bits per heavy atom. The van der Waals surface area contributed by atoms with Crippen LogP contribution in [0.15, 0.2) is 77.8 Å². The average molecular weight is 1030 g/mol. The fraction of sp³-hybridized carbons (Fsp3) is 0.396. The quantitative estimate of drug-likeness (QED) is 0.0292. The minimum atomic E-state index is -1.16. The predicted octanol–water partition coefficient (Wildman–Crippen LogP) is 9.11. The highest BCUT2D eigenvalue weighted by atomic mass is 35.5. The van der Waals surface area contributed by atoms with E-state index in [1.165, 1.54) is 5.56 Å². The normalized spacial score (nSPS) is 19.3. The number of carbonyl (C=O) groups excluding carboxylic acids is 4. The molecule has 1 aromatic heterocycles. The van der Waals surface area contributed by atoms with Crippen LogP contribution in [0.2, 0.25) is 5.02 Å². The molecule has 0 radical (unpaired) electrons. The number of carboxylic acids is 1. The number of carbonyl (C=O) groups is 5. The fourth-order valence-electron chi connectivity index (χ4n) is 10.5. The maximum atomic E-state index is 12.9. The first-order valence-electron chi connectivity index (χ1n) is 23.6. The van der Waals surface area contributed by atoms with Crippen molar-refractivity contribution in [3.8, 4) is 21.9 Å². The second kappa shape index (κ2) is 24.1. The number of nitrogens with one attached hydrogen (secondary N) is 2. The second-order valence-corrected chi connectivity index (χ2v) is 20.4. The lowest BCUT2D eigenvalue weighted by Crippen LogP contribution is -2.45. The summed E-state index contributed by atoms with van der Waals surface area (Å²) >= 11 is 9.49. The molecular formula is C53H61ClN6O9S2. The smallest absolute Gasteiger partial charge is 0.349 e. The number of likely N-dealkylation sites (N-methyl/N-ethyl adjacent to an activating group) is 2. The van der Waals surface area contributed by atoms with Crippen molar-refractivity contribution in [3.63, 3.8) is 0 Å². The molecule has 15 nitrogen and oxygen atoms in total. The number of hydrogen-bond donors (Lipinski definition) is 4. The number of aliphatic imine (C=N–C) groups is 1. The highest BCUT2D eigenvalue weighted by molar-refractivity contribution is 7.96. The lowest BCUT2D eigenvalue weighted by Gasteiger charge is -2.34. The number of thiophene rings is 1. The van der Waals surface area contributed by atoms with Gasteiger partial charge in [0.1, 0.15) is 42.1 Å². The van der Waals surface area contributed by atoms with Crippen LogP contribution in [0.3, 0.4) is 0 Å². The summed E-state index contributed by atoms with van der Waals surface area (Å²) in [7, 11) is 4.43. The minimum absolute atomic E-state index is 0.00887. The number of halogens is 1. The average Bonchev–Trinajstić information content (AvgIpc) is 3.99. The molecule has 1 aliphatic carbocycles. The molecule has 4 N–H and O–H groups in total. The van der Waals surface area contributed by atoms with E-state index in [0.717, 1.165) is 115 Å². The number of anilines is 2. The molecule has 2 bridgehead atoms. The van der Waals surface area contributed by atoms with Gasteiger partial charge in [0.2, 0.25) is 5.91 Å². The second-order valence-electron chi connectivity index (χ2n) is 18.0. The van der Waals surface area contributed by atoms with Gasteiger partial charge in [-0.15, -0.1) is 11.3 Å². The van der Waals surface area contributed by atoms with Crippen LogP contribution in [0, 0.1) is 5.92 Å². The van der Waals surface area contributed by atoms with Crippen LogP contribution in [0.1, 0.15) is 82.5 Å². The molecule has 2 saturated heterocycles. The maximum Gasteiger partial charge on any atom is 0.349 e. The summed E-state index contributed by atoms with van der Waals surface area (Å²) in [5.74, 6) is 0.793. The molecule has 1 amide bonds. The van der Waals surface area contributed by atoms with Crippen molar-refractivity contribution in [2.75, 3.05) is 64.4 Å². The van der Waals surface area contributed by atoms with E-state index in [-0.39, 0.29) is 52.1 Å². The Kier molecular flexibility index (Phi) is 18.0. The number of ether oxygens (including phenoxy) is 2. The van der Waals surface area contributed by atoms with Crippen molar-refractivity contribution in [1.29, 1.82) is 0 Å². The van der Waals surface area contributed by atoms with Gasteiger partial charge in [-0.3, -0.25) is 24.3 Å². The molecule has 71 heavy (non-hydrogen) atoms. The number of carboxylic acid groups (broad SMARTS) is 1. The predicted molar refractivity (Wildman–Crippen MR) is 284 cm³/mol. The monoisotopic (exact) mass is 1020 g/mol. The largest absolute Gasteiger partial charge is 0.483 e. The Balaban J connectivity index is 0.00000366. The van der Waals surface area contributed by atoms with Crippen LogP contribution in [-0.4, -0.2) is 129 Å². The summed E-state index contributed by atoms with van der Waals surface area (Å²) < 4.78 is 14.3. The van der Waals surface area contributed by atoms with Crippen molar-refractivity contribution in [3.05, 3.63) is 99.4 Å². The van der Waals surface area contributed by atoms with E-state index in [1.54, 1.807) is 7.05 Å². The Hall–Kier alpha value is -5.82. The summed E-state index contributed by atoms with van der Waals surface area (Å²) in [5.41, 5.74) is 5.82. The molecule has 4 atom stereocenters. The van der Waals surface area contributed by atoms with Gasteiger partial charge in [-0.2, -0.15) is 0 Å². The Morgan fingerprint density at radius 3 is 2.51 bits per heavy atom. The van der Waals surface area contributed by atoms with Crippen molar-refractivity contribution in [1.82, 2.24) is 14.5 Å². The summed E-state index contributed by atoms with van der Waals surface area (Å²) in [4.78, 5) is 68.5. The van der Waals surface area contributed by atoms with Gasteiger partial charge in [-0.25, -0.2) is 9.10 Å². The number of amides is 1. The number of aliphatic hydroxyl groups is 1. The first-order chi connectivity index (χ1) is 34.4. The minimum Gasteiger partial charge on any atom is -0.483 e. The van der Waals surface area contributed by atoms with Gasteiger partial charge in [0.05, 0.1) is 10.4 Å². The maximum absolute atomic E-state index is 12.9. The summed E-state index contributed by atoms with van der Waals surface area (Å²) in [6, 6.07) is 23.6. The van der Waals surface area contributed by atoms with Gasteiger partial charge < -0.3 is 40.0 Å². The number of fused-ring (bicyclic) bond motifs is 3. The molecule has 5 aromatic rings. The highest BCUT2D eigenvalue weighted by Gasteiger charge is 2.55. The number of rotatable bonds is 22.